The lowest BCUT2D eigenvalue weighted by Gasteiger charge is -2.01. The van der Waals surface area contributed by atoms with Crippen LogP contribution in [0.15, 0.2) is 0 Å². The Bertz CT molecular complexity index is 215. The van der Waals surface area contributed by atoms with E-state index >= 15 is 0 Å². The van der Waals surface area contributed by atoms with Crippen LogP contribution >= 0.6 is 0 Å². The molecule has 14 heavy (non-hydrogen) atoms. The van der Waals surface area contributed by atoms with Crippen LogP contribution in [-0.2, 0) is 9.53 Å². The van der Waals surface area contributed by atoms with Crippen molar-refractivity contribution >= 4 is 5.91 Å². The van der Waals surface area contributed by atoms with Crippen LogP contribution in [0.2, 0.25) is 0 Å². The molecule has 0 aromatic heterocycles. The third-order valence-electron chi connectivity index (χ3n) is 1.23. The quantitative estimate of drug-likeness (QED) is 0.475. The van der Waals surface area contributed by atoms with Crippen molar-refractivity contribution in [2.45, 2.75) is 13.8 Å². The maximum Gasteiger partial charge on any atom is 0.246 e. The number of hydrogen-bond acceptors (Lipinski definition) is 3. The maximum absolute atomic E-state index is 11.0. The number of carbonyl (C=O) groups excluding carboxylic acids is 1. The van der Waals surface area contributed by atoms with Crippen molar-refractivity contribution in [2.75, 3.05) is 26.4 Å². The summed E-state index contributed by atoms with van der Waals surface area (Å²) >= 11 is 0. The minimum atomic E-state index is -0.212. The molecule has 4 nitrogen and oxygen atoms in total. The SMILES string of the molecule is CC(C)C#CCNC(=O)COCCO. The summed E-state index contributed by atoms with van der Waals surface area (Å²) in [6, 6.07) is 0. The summed E-state index contributed by atoms with van der Waals surface area (Å²) in [6.07, 6.45) is 0. The zero-order valence-electron chi connectivity index (χ0n) is 8.67. The molecule has 1 amide bonds. The number of nitrogens with one attached hydrogen (secondary N) is 1. The maximum atomic E-state index is 11.0. The van der Waals surface area contributed by atoms with Gasteiger partial charge in [0.25, 0.3) is 0 Å². The number of carbonyl (C=O) groups is 1. The summed E-state index contributed by atoms with van der Waals surface area (Å²) in [7, 11) is 0. The molecule has 0 aliphatic carbocycles. The highest BCUT2D eigenvalue weighted by Crippen LogP contribution is 1.84. The highest BCUT2D eigenvalue weighted by atomic mass is 16.5. The van der Waals surface area contributed by atoms with E-state index in [1.54, 1.807) is 0 Å². The molecule has 0 bridgehead atoms. The van der Waals surface area contributed by atoms with Crippen LogP contribution < -0.4 is 5.32 Å². The first-order valence-corrected chi connectivity index (χ1v) is 4.60. The van der Waals surface area contributed by atoms with Gasteiger partial charge in [0.15, 0.2) is 0 Å². The Labute approximate surface area is 84.6 Å². The third-order valence-corrected chi connectivity index (χ3v) is 1.23. The van der Waals surface area contributed by atoms with Crippen molar-refractivity contribution < 1.29 is 14.6 Å². The lowest BCUT2D eigenvalue weighted by atomic mass is 10.2. The Kier molecular flexibility index (Phi) is 7.90. The number of amides is 1. The van der Waals surface area contributed by atoms with Gasteiger partial charge in [0.2, 0.25) is 5.91 Å². The van der Waals surface area contributed by atoms with E-state index in [1.165, 1.54) is 0 Å². The number of hydrogen-bond donors (Lipinski definition) is 2. The number of aliphatic hydroxyl groups excluding tert-OH is 1. The Morgan fingerprint density at radius 1 is 1.57 bits per heavy atom. The lowest BCUT2D eigenvalue weighted by Crippen LogP contribution is -2.28. The first-order valence-electron chi connectivity index (χ1n) is 4.60. The highest BCUT2D eigenvalue weighted by molar-refractivity contribution is 5.77. The zero-order valence-corrected chi connectivity index (χ0v) is 8.67. The fraction of sp³-hybridized carbons (Fsp3) is 0.700. The van der Waals surface area contributed by atoms with E-state index in [0.717, 1.165) is 0 Å². The molecule has 0 aliphatic heterocycles. The average Bonchev–Trinajstić information content (AvgIpc) is 2.13. The first-order chi connectivity index (χ1) is 6.66. The summed E-state index contributed by atoms with van der Waals surface area (Å²) < 4.78 is 4.81. The van der Waals surface area contributed by atoms with Crippen LogP contribution in [-0.4, -0.2) is 37.4 Å². The molecule has 0 radical (unpaired) electrons. The number of ether oxygens (including phenoxy) is 1. The van der Waals surface area contributed by atoms with Crippen LogP contribution in [0.4, 0.5) is 0 Å². The second-order valence-electron chi connectivity index (χ2n) is 3.03. The zero-order chi connectivity index (χ0) is 10.8. The van der Waals surface area contributed by atoms with Crippen molar-refractivity contribution in [3.8, 4) is 11.8 Å². The Balaban J connectivity index is 3.41. The van der Waals surface area contributed by atoms with Crippen LogP contribution in [0.3, 0.4) is 0 Å². The minimum Gasteiger partial charge on any atom is -0.394 e. The molecule has 2 N–H and O–H groups in total. The third kappa shape index (κ3) is 9.04. The van der Waals surface area contributed by atoms with Gasteiger partial charge in [0.1, 0.15) is 6.61 Å². The predicted molar refractivity (Wildman–Crippen MR) is 53.5 cm³/mol. The van der Waals surface area contributed by atoms with Crippen LogP contribution in [0.1, 0.15) is 13.8 Å². The van der Waals surface area contributed by atoms with Crippen molar-refractivity contribution in [2.24, 2.45) is 5.92 Å². The summed E-state index contributed by atoms with van der Waals surface area (Å²) in [5.74, 6) is 5.85. The molecule has 4 heteroatoms. The van der Waals surface area contributed by atoms with Crippen LogP contribution in [0.5, 0.6) is 0 Å². The molecule has 0 saturated carbocycles. The predicted octanol–water partition coefficient (Wildman–Crippen LogP) is -0.229. The topological polar surface area (TPSA) is 58.6 Å². The summed E-state index contributed by atoms with van der Waals surface area (Å²) in [4.78, 5) is 11.0. The minimum absolute atomic E-state index is 0.0239. The van der Waals surface area contributed by atoms with Crippen molar-refractivity contribution in [1.82, 2.24) is 5.32 Å². The number of rotatable bonds is 5. The van der Waals surface area contributed by atoms with Crippen LogP contribution in [0, 0.1) is 17.8 Å². The van der Waals surface area contributed by atoms with Gasteiger partial charge in [0.05, 0.1) is 19.8 Å². The molecular formula is C10H17NO3. The molecule has 0 heterocycles. The van der Waals surface area contributed by atoms with Gasteiger partial charge in [-0.25, -0.2) is 0 Å². The Hall–Kier alpha value is -1.05. The van der Waals surface area contributed by atoms with Gasteiger partial charge in [-0.1, -0.05) is 25.7 Å². The van der Waals surface area contributed by atoms with E-state index in [4.69, 9.17) is 9.84 Å². The fourth-order valence-electron chi connectivity index (χ4n) is 0.678. The van der Waals surface area contributed by atoms with Gasteiger partial charge in [-0.05, 0) is 0 Å². The fourth-order valence-corrected chi connectivity index (χ4v) is 0.678. The summed E-state index contributed by atoms with van der Waals surface area (Å²) in [5, 5.41) is 11.0. The molecule has 0 saturated heterocycles. The van der Waals surface area contributed by atoms with Gasteiger partial charge < -0.3 is 15.2 Å². The normalized spacial score (nSPS) is 9.43. The second kappa shape index (κ2) is 8.54. The van der Waals surface area contributed by atoms with E-state index < -0.39 is 0 Å². The molecule has 0 aromatic carbocycles. The summed E-state index contributed by atoms with van der Waals surface area (Å²) in [6.45, 7) is 4.41. The van der Waals surface area contributed by atoms with Gasteiger partial charge in [-0.3, -0.25) is 4.79 Å². The summed E-state index contributed by atoms with van der Waals surface area (Å²) in [5.41, 5.74) is 0. The van der Waals surface area contributed by atoms with Gasteiger partial charge in [-0.15, -0.1) is 0 Å². The lowest BCUT2D eigenvalue weighted by molar-refractivity contribution is -0.125. The van der Waals surface area contributed by atoms with Crippen molar-refractivity contribution in [1.29, 1.82) is 0 Å². The van der Waals surface area contributed by atoms with E-state index in [1.807, 2.05) is 13.8 Å². The molecule has 0 aliphatic rings. The van der Waals surface area contributed by atoms with Gasteiger partial charge in [-0.2, -0.15) is 0 Å². The van der Waals surface area contributed by atoms with Crippen LogP contribution in [0.25, 0.3) is 0 Å². The molecule has 0 unspecified atom stereocenters. The van der Waals surface area contributed by atoms with E-state index in [2.05, 4.69) is 17.2 Å². The largest absolute Gasteiger partial charge is 0.394 e. The Morgan fingerprint density at radius 2 is 2.29 bits per heavy atom. The van der Waals surface area contributed by atoms with E-state index in [0.29, 0.717) is 12.5 Å². The molecule has 0 spiro atoms. The highest BCUT2D eigenvalue weighted by Gasteiger charge is 1.97. The van der Waals surface area contributed by atoms with E-state index in [-0.39, 0.29) is 25.7 Å². The molecule has 0 rings (SSSR count). The smallest absolute Gasteiger partial charge is 0.246 e. The van der Waals surface area contributed by atoms with E-state index in [9.17, 15) is 4.79 Å². The Morgan fingerprint density at radius 3 is 2.86 bits per heavy atom. The van der Waals surface area contributed by atoms with Gasteiger partial charge in [0, 0.05) is 5.92 Å². The monoisotopic (exact) mass is 199 g/mol. The average molecular weight is 199 g/mol. The van der Waals surface area contributed by atoms with Crippen molar-refractivity contribution in [3.05, 3.63) is 0 Å². The molecule has 80 valence electrons. The molecule has 0 fully saturated rings. The molecule has 0 aromatic rings. The second-order valence-corrected chi connectivity index (χ2v) is 3.03. The standard InChI is InChI=1S/C10H17NO3/c1-9(2)4-3-5-11-10(13)8-14-7-6-12/h9,12H,5-8H2,1-2H3,(H,11,13). The molecule has 0 atom stereocenters. The van der Waals surface area contributed by atoms with Crippen molar-refractivity contribution in [3.63, 3.8) is 0 Å². The first kappa shape index (κ1) is 12.9. The number of aliphatic hydroxyl groups is 1. The molecular weight excluding hydrogens is 182 g/mol. The van der Waals surface area contributed by atoms with Gasteiger partial charge >= 0.3 is 0 Å².